The second-order valence-corrected chi connectivity index (χ2v) is 7.33. The van der Waals surface area contributed by atoms with E-state index in [1.165, 1.54) is 17.5 Å². The SMILES string of the molecule is NSc1ccc2c(c1)N(C(=O)C1Cc3cc(Br)ccc3O1)CC2. The largest absolute Gasteiger partial charge is 0.480 e. The molecule has 2 N–H and O–H groups in total. The quantitative estimate of drug-likeness (QED) is 0.799. The van der Waals surface area contributed by atoms with Crippen molar-refractivity contribution in [2.24, 2.45) is 5.14 Å². The van der Waals surface area contributed by atoms with Gasteiger partial charge in [-0.1, -0.05) is 22.0 Å². The van der Waals surface area contributed by atoms with Crippen molar-refractivity contribution in [3.05, 3.63) is 52.0 Å². The molecule has 0 aromatic heterocycles. The first-order chi connectivity index (χ1) is 11.2. The zero-order valence-corrected chi connectivity index (χ0v) is 14.7. The van der Waals surface area contributed by atoms with Gasteiger partial charge in [0.05, 0.1) is 0 Å². The Labute approximate surface area is 147 Å². The van der Waals surface area contributed by atoms with Crippen molar-refractivity contribution in [1.29, 1.82) is 0 Å². The second-order valence-electron chi connectivity index (χ2n) is 5.71. The van der Waals surface area contributed by atoms with E-state index in [2.05, 4.69) is 22.0 Å². The summed E-state index contributed by atoms with van der Waals surface area (Å²) < 4.78 is 6.87. The van der Waals surface area contributed by atoms with Crippen LogP contribution in [0.3, 0.4) is 0 Å². The van der Waals surface area contributed by atoms with Gasteiger partial charge < -0.3 is 9.64 Å². The maximum absolute atomic E-state index is 12.9. The van der Waals surface area contributed by atoms with Gasteiger partial charge in [0.1, 0.15) is 5.75 Å². The van der Waals surface area contributed by atoms with Gasteiger partial charge in [-0.25, -0.2) is 0 Å². The van der Waals surface area contributed by atoms with Crippen molar-refractivity contribution < 1.29 is 9.53 Å². The van der Waals surface area contributed by atoms with Crippen molar-refractivity contribution >= 4 is 39.5 Å². The van der Waals surface area contributed by atoms with Crippen LogP contribution >= 0.6 is 27.9 Å². The standard InChI is InChI=1S/C17H15BrN2O2S/c18-12-2-4-15-11(7-12)8-16(22-15)17(21)20-6-5-10-1-3-13(23-19)9-14(10)20/h1-4,7,9,16H,5-6,8,19H2. The van der Waals surface area contributed by atoms with E-state index in [-0.39, 0.29) is 5.91 Å². The maximum Gasteiger partial charge on any atom is 0.268 e. The minimum absolute atomic E-state index is 0.0234. The van der Waals surface area contributed by atoms with E-state index in [1.54, 1.807) is 0 Å². The minimum Gasteiger partial charge on any atom is -0.480 e. The molecule has 6 heteroatoms. The van der Waals surface area contributed by atoms with Gasteiger partial charge in [-0.3, -0.25) is 9.93 Å². The number of rotatable bonds is 2. The fourth-order valence-corrected chi connectivity index (χ4v) is 3.92. The van der Waals surface area contributed by atoms with Gasteiger partial charge in [0.2, 0.25) is 0 Å². The number of halogens is 1. The van der Waals surface area contributed by atoms with Crippen molar-refractivity contribution in [2.75, 3.05) is 11.4 Å². The van der Waals surface area contributed by atoms with Crippen LogP contribution in [-0.4, -0.2) is 18.6 Å². The minimum atomic E-state index is -0.445. The Hall–Kier alpha value is -1.50. The average Bonchev–Trinajstić information content (AvgIpc) is 3.16. The van der Waals surface area contributed by atoms with Crippen LogP contribution in [0.15, 0.2) is 45.8 Å². The maximum atomic E-state index is 12.9. The predicted molar refractivity (Wildman–Crippen MR) is 94.8 cm³/mol. The fourth-order valence-electron chi connectivity index (χ4n) is 3.19. The van der Waals surface area contributed by atoms with Crippen LogP contribution < -0.4 is 14.8 Å². The molecule has 2 aliphatic rings. The first kappa shape index (κ1) is 15.1. The molecule has 0 fully saturated rings. The predicted octanol–water partition coefficient (Wildman–Crippen LogP) is 3.31. The van der Waals surface area contributed by atoms with Gasteiger partial charge >= 0.3 is 0 Å². The van der Waals surface area contributed by atoms with Gasteiger partial charge in [-0.2, -0.15) is 0 Å². The molecular weight excluding hydrogens is 376 g/mol. The molecule has 1 atom stereocenters. The molecular formula is C17H15BrN2O2S. The summed E-state index contributed by atoms with van der Waals surface area (Å²) in [6, 6.07) is 11.9. The zero-order valence-electron chi connectivity index (χ0n) is 12.3. The molecule has 118 valence electrons. The lowest BCUT2D eigenvalue weighted by molar-refractivity contribution is -0.124. The molecule has 0 spiro atoms. The highest BCUT2D eigenvalue weighted by Gasteiger charge is 2.35. The molecule has 4 nitrogen and oxygen atoms in total. The number of nitrogens with zero attached hydrogens (tertiary/aromatic N) is 1. The van der Waals surface area contributed by atoms with Crippen LogP contribution in [0.4, 0.5) is 5.69 Å². The van der Waals surface area contributed by atoms with Gasteiger partial charge in [-0.05, 0) is 59.8 Å². The Morgan fingerprint density at radius 3 is 2.96 bits per heavy atom. The number of anilines is 1. The fraction of sp³-hybridized carbons (Fsp3) is 0.235. The van der Waals surface area contributed by atoms with E-state index >= 15 is 0 Å². The van der Waals surface area contributed by atoms with Crippen LogP contribution in [0.25, 0.3) is 0 Å². The second kappa shape index (κ2) is 5.85. The third-order valence-corrected chi connectivity index (χ3v) is 5.35. The zero-order chi connectivity index (χ0) is 16.0. The normalized spacial score (nSPS) is 18.5. The topological polar surface area (TPSA) is 55.6 Å². The van der Waals surface area contributed by atoms with Gasteiger partial charge in [0, 0.05) is 28.0 Å². The van der Waals surface area contributed by atoms with E-state index in [0.717, 1.165) is 32.8 Å². The summed E-state index contributed by atoms with van der Waals surface area (Å²) in [5.74, 6) is 0.826. The summed E-state index contributed by atoms with van der Waals surface area (Å²) in [4.78, 5) is 15.7. The number of amides is 1. The molecule has 23 heavy (non-hydrogen) atoms. The Bertz CT molecular complexity index is 796. The van der Waals surface area contributed by atoms with E-state index in [9.17, 15) is 4.79 Å². The number of fused-ring (bicyclic) bond motifs is 2. The molecule has 0 bridgehead atoms. The Morgan fingerprint density at radius 2 is 2.13 bits per heavy atom. The highest BCUT2D eigenvalue weighted by atomic mass is 79.9. The molecule has 1 unspecified atom stereocenters. The Balaban J connectivity index is 1.58. The lowest BCUT2D eigenvalue weighted by Crippen LogP contribution is -2.40. The van der Waals surface area contributed by atoms with Crippen molar-refractivity contribution in [2.45, 2.75) is 23.8 Å². The molecule has 1 amide bonds. The highest BCUT2D eigenvalue weighted by Crippen LogP contribution is 2.35. The number of benzene rings is 2. The number of hydrogen-bond donors (Lipinski definition) is 1. The molecule has 2 heterocycles. The van der Waals surface area contributed by atoms with Crippen LogP contribution in [0.2, 0.25) is 0 Å². The number of ether oxygens (including phenoxy) is 1. The van der Waals surface area contributed by atoms with Gasteiger partial charge in [0.25, 0.3) is 5.91 Å². The summed E-state index contributed by atoms with van der Waals surface area (Å²) >= 11 is 4.66. The monoisotopic (exact) mass is 390 g/mol. The summed E-state index contributed by atoms with van der Waals surface area (Å²) in [5.41, 5.74) is 3.23. The van der Waals surface area contributed by atoms with Crippen LogP contribution in [0, 0.1) is 0 Å². The molecule has 0 aliphatic carbocycles. The third kappa shape index (κ3) is 2.65. The van der Waals surface area contributed by atoms with Gasteiger partial charge in [0.15, 0.2) is 6.10 Å². The summed E-state index contributed by atoms with van der Waals surface area (Å²) in [6.07, 6.45) is 1.05. The smallest absolute Gasteiger partial charge is 0.268 e. The molecule has 2 aromatic rings. The van der Waals surface area contributed by atoms with E-state index in [0.29, 0.717) is 13.0 Å². The third-order valence-electron chi connectivity index (χ3n) is 4.33. The Morgan fingerprint density at radius 1 is 1.26 bits per heavy atom. The number of carbonyl (C=O) groups is 1. The molecule has 4 rings (SSSR count). The van der Waals surface area contributed by atoms with E-state index in [1.807, 2.05) is 35.2 Å². The van der Waals surface area contributed by atoms with Crippen molar-refractivity contribution in [3.8, 4) is 5.75 Å². The first-order valence-corrected chi connectivity index (χ1v) is 9.09. The number of hydrogen-bond acceptors (Lipinski definition) is 4. The highest BCUT2D eigenvalue weighted by molar-refractivity contribution is 9.10. The first-order valence-electron chi connectivity index (χ1n) is 7.42. The van der Waals surface area contributed by atoms with Gasteiger partial charge in [-0.15, -0.1) is 0 Å². The molecule has 0 saturated heterocycles. The average molecular weight is 391 g/mol. The lowest BCUT2D eigenvalue weighted by Gasteiger charge is -2.21. The summed E-state index contributed by atoms with van der Waals surface area (Å²) in [6.45, 7) is 0.701. The van der Waals surface area contributed by atoms with Crippen LogP contribution in [0.1, 0.15) is 11.1 Å². The van der Waals surface area contributed by atoms with Crippen LogP contribution in [0.5, 0.6) is 5.75 Å². The molecule has 2 aliphatic heterocycles. The number of nitrogens with two attached hydrogens (primary N) is 1. The number of carbonyl (C=O) groups excluding carboxylic acids is 1. The molecule has 2 aromatic carbocycles. The van der Waals surface area contributed by atoms with E-state index < -0.39 is 6.10 Å². The summed E-state index contributed by atoms with van der Waals surface area (Å²) in [5, 5.41) is 5.64. The van der Waals surface area contributed by atoms with Crippen LogP contribution in [-0.2, 0) is 17.6 Å². The molecule has 0 saturated carbocycles. The van der Waals surface area contributed by atoms with E-state index in [4.69, 9.17) is 9.88 Å². The summed E-state index contributed by atoms with van der Waals surface area (Å²) in [7, 11) is 0. The molecule has 0 radical (unpaired) electrons. The lowest BCUT2D eigenvalue weighted by atomic mass is 10.1. The van der Waals surface area contributed by atoms with Crippen molar-refractivity contribution in [1.82, 2.24) is 0 Å². The van der Waals surface area contributed by atoms with Crippen molar-refractivity contribution in [3.63, 3.8) is 0 Å². The Kier molecular flexibility index (Phi) is 3.83.